The quantitative estimate of drug-likeness (QED) is 0.706. The summed E-state index contributed by atoms with van der Waals surface area (Å²) < 4.78 is 0. The highest BCUT2D eigenvalue weighted by Crippen LogP contribution is 2.28. The summed E-state index contributed by atoms with van der Waals surface area (Å²) in [5, 5.41) is 3.29. The molecule has 1 N–H and O–H groups in total. The van der Waals surface area contributed by atoms with Gasteiger partial charge in [0, 0.05) is 16.3 Å². The second-order valence-electron chi connectivity index (χ2n) is 3.24. The van der Waals surface area contributed by atoms with Gasteiger partial charge in [-0.2, -0.15) is 0 Å². The van der Waals surface area contributed by atoms with Crippen molar-refractivity contribution < 1.29 is 0 Å². The molecule has 0 amide bonds. The van der Waals surface area contributed by atoms with Crippen molar-refractivity contribution >= 4 is 17.4 Å². The lowest BCUT2D eigenvalue weighted by Gasteiger charge is -2.11. The van der Waals surface area contributed by atoms with E-state index in [0.717, 1.165) is 17.1 Å². The van der Waals surface area contributed by atoms with Crippen molar-refractivity contribution in [3.8, 4) is 0 Å². The number of benzene rings is 1. The van der Waals surface area contributed by atoms with Gasteiger partial charge in [0.05, 0.1) is 5.69 Å². The molecular formula is C13H13NS. The van der Waals surface area contributed by atoms with Crippen molar-refractivity contribution in [3.63, 3.8) is 0 Å². The lowest BCUT2D eigenvalue weighted by Crippen LogP contribution is -1.97. The molecule has 1 aliphatic rings. The molecule has 2 rings (SSSR count). The van der Waals surface area contributed by atoms with Crippen molar-refractivity contribution in [3.05, 3.63) is 60.8 Å². The van der Waals surface area contributed by atoms with Gasteiger partial charge in [0.25, 0.3) is 0 Å². The molecule has 1 aromatic carbocycles. The van der Waals surface area contributed by atoms with Crippen molar-refractivity contribution in [2.45, 2.75) is 4.90 Å². The zero-order chi connectivity index (χ0) is 10.5. The van der Waals surface area contributed by atoms with E-state index in [1.54, 1.807) is 0 Å². The molecule has 0 fully saturated rings. The Hall–Kier alpha value is -1.41. The van der Waals surface area contributed by atoms with Crippen LogP contribution < -0.4 is 5.32 Å². The minimum Gasteiger partial charge on any atom is -0.355 e. The van der Waals surface area contributed by atoms with E-state index in [1.165, 1.54) is 4.90 Å². The van der Waals surface area contributed by atoms with Crippen LogP contribution in [0.4, 0.5) is 5.69 Å². The van der Waals surface area contributed by atoms with Gasteiger partial charge >= 0.3 is 0 Å². The zero-order valence-electron chi connectivity index (χ0n) is 8.44. The largest absolute Gasteiger partial charge is 0.355 e. The van der Waals surface area contributed by atoms with E-state index in [2.05, 4.69) is 36.2 Å². The fourth-order valence-corrected chi connectivity index (χ4v) is 2.19. The number of thioether (sulfide) groups is 1. The van der Waals surface area contributed by atoms with Crippen LogP contribution in [0.25, 0.3) is 0 Å². The number of allylic oxidation sites excluding steroid dienone is 3. The normalized spacial score (nSPS) is 19.9. The molecule has 0 unspecified atom stereocenters. The van der Waals surface area contributed by atoms with Crippen LogP contribution in [-0.4, -0.2) is 5.75 Å². The molecule has 0 aliphatic carbocycles. The number of rotatable bonds is 0. The summed E-state index contributed by atoms with van der Waals surface area (Å²) in [7, 11) is 0. The number of nitrogens with one attached hydrogen (secondary N) is 1. The Bertz CT molecular complexity index is 418. The number of hydrogen-bond acceptors (Lipinski definition) is 2. The fraction of sp³-hybridized carbons (Fsp3) is 0.0769. The molecule has 0 saturated heterocycles. The third-order valence-electron chi connectivity index (χ3n) is 2.06. The minimum absolute atomic E-state index is 0.912. The Balaban J connectivity index is 2.32. The van der Waals surface area contributed by atoms with E-state index < -0.39 is 0 Å². The highest BCUT2D eigenvalue weighted by molar-refractivity contribution is 7.99. The van der Waals surface area contributed by atoms with Crippen molar-refractivity contribution in [1.82, 2.24) is 0 Å². The highest BCUT2D eigenvalue weighted by atomic mass is 32.2. The molecule has 1 nitrogen and oxygen atoms in total. The van der Waals surface area contributed by atoms with Crippen molar-refractivity contribution in [1.29, 1.82) is 0 Å². The Kier molecular flexibility index (Phi) is 3.30. The summed E-state index contributed by atoms with van der Waals surface area (Å²) >= 11 is 1.82. The molecule has 0 aromatic heterocycles. The first kappa shape index (κ1) is 10.1. The van der Waals surface area contributed by atoms with E-state index in [0.29, 0.717) is 0 Å². The molecule has 0 atom stereocenters. The first-order valence-electron chi connectivity index (χ1n) is 4.87. The van der Waals surface area contributed by atoms with Gasteiger partial charge in [-0.05, 0) is 18.2 Å². The summed E-state index contributed by atoms with van der Waals surface area (Å²) in [5.41, 5.74) is 2.04. The molecule has 1 aromatic rings. The van der Waals surface area contributed by atoms with Crippen LogP contribution in [-0.2, 0) is 0 Å². The van der Waals surface area contributed by atoms with E-state index >= 15 is 0 Å². The standard InChI is InChI=1S/C13H13NS/c1-11-7-3-2-6-10-15-13-9-5-4-8-12(13)14-11/h2-9,14H,1,10H2/b6-2-,7-3-. The Morgan fingerprint density at radius 3 is 3.00 bits per heavy atom. The molecule has 0 saturated carbocycles. The maximum Gasteiger partial charge on any atom is 0.0522 e. The third-order valence-corrected chi connectivity index (χ3v) is 3.09. The lowest BCUT2D eigenvalue weighted by molar-refractivity contribution is 1.38. The van der Waals surface area contributed by atoms with Gasteiger partial charge in [0.1, 0.15) is 0 Å². The fourth-order valence-electron chi connectivity index (χ4n) is 1.35. The molecule has 1 aliphatic heterocycles. The molecule has 2 heteroatoms. The average Bonchev–Trinajstić information content (AvgIpc) is 2.25. The monoisotopic (exact) mass is 215 g/mol. The van der Waals surface area contributed by atoms with Gasteiger partial charge in [0.2, 0.25) is 0 Å². The summed E-state index contributed by atoms with van der Waals surface area (Å²) in [6.45, 7) is 3.95. The van der Waals surface area contributed by atoms with Gasteiger partial charge < -0.3 is 5.32 Å². The minimum atomic E-state index is 0.912. The Morgan fingerprint density at radius 2 is 2.07 bits per heavy atom. The molecule has 1 heterocycles. The van der Waals surface area contributed by atoms with Crippen molar-refractivity contribution in [2.24, 2.45) is 0 Å². The number of hydrogen-bond donors (Lipinski definition) is 1. The second kappa shape index (κ2) is 4.89. The summed E-state index contributed by atoms with van der Waals surface area (Å²) in [5.74, 6) is 0.996. The summed E-state index contributed by atoms with van der Waals surface area (Å²) in [4.78, 5) is 1.26. The molecule has 0 radical (unpaired) electrons. The predicted octanol–water partition coefficient (Wildman–Crippen LogP) is 3.83. The van der Waals surface area contributed by atoms with Gasteiger partial charge in [-0.25, -0.2) is 0 Å². The van der Waals surface area contributed by atoms with Gasteiger partial charge in [0.15, 0.2) is 0 Å². The van der Waals surface area contributed by atoms with Crippen LogP contribution in [0.1, 0.15) is 0 Å². The Morgan fingerprint density at radius 1 is 1.20 bits per heavy atom. The SMILES string of the molecule is C=C1/C=C\C=C/CSc2ccccc2N1. The topological polar surface area (TPSA) is 12.0 Å². The number of fused-ring (bicyclic) bond motifs is 1. The predicted molar refractivity (Wildman–Crippen MR) is 68.2 cm³/mol. The smallest absolute Gasteiger partial charge is 0.0522 e. The second-order valence-corrected chi connectivity index (χ2v) is 4.31. The summed E-state index contributed by atoms with van der Waals surface area (Å²) in [6.07, 6.45) is 8.18. The Labute approximate surface area is 94.6 Å². The lowest BCUT2D eigenvalue weighted by atomic mass is 10.3. The van der Waals surface area contributed by atoms with Crippen LogP contribution in [0, 0.1) is 0 Å². The van der Waals surface area contributed by atoms with Crippen LogP contribution in [0.5, 0.6) is 0 Å². The van der Waals surface area contributed by atoms with Crippen LogP contribution in [0.3, 0.4) is 0 Å². The van der Waals surface area contributed by atoms with Gasteiger partial charge in [-0.3, -0.25) is 0 Å². The van der Waals surface area contributed by atoms with Crippen molar-refractivity contribution in [2.75, 3.05) is 11.1 Å². The van der Waals surface area contributed by atoms with Crippen LogP contribution in [0.2, 0.25) is 0 Å². The first-order valence-corrected chi connectivity index (χ1v) is 5.86. The van der Waals surface area contributed by atoms with Crippen LogP contribution in [0.15, 0.2) is 65.7 Å². The number of para-hydroxylation sites is 1. The van der Waals surface area contributed by atoms with Gasteiger partial charge in [-0.1, -0.05) is 36.9 Å². The third kappa shape index (κ3) is 2.77. The summed E-state index contributed by atoms with van der Waals surface area (Å²) in [6, 6.07) is 8.29. The van der Waals surface area contributed by atoms with Gasteiger partial charge in [-0.15, -0.1) is 11.8 Å². The van der Waals surface area contributed by atoms with E-state index in [-0.39, 0.29) is 0 Å². The molecule has 15 heavy (non-hydrogen) atoms. The highest BCUT2D eigenvalue weighted by Gasteiger charge is 2.01. The van der Waals surface area contributed by atoms with Crippen LogP contribution >= 0.6 is 11.8 Å². The maximum absolute atomic E-state index is 3.95. The molecule has 76 valence electrons. The van der Waals surface area contributed by atoms with E-state index in [9.17, 15) is 0 Å². The number of anilines is 1. The molecular weight excluding hydrogens is 202 g/mol. The zero-order valence-corrected chi connectivity index (χ0v) is 9.26. The average molecular weight is 215 g/mol. The molecule has 0 spiro atoms. The first-order chi connectivity index (χ1) is 7.36. The van der Waals surface area contributed by atoms with E-state index in [1.807, 2.05) is 36.1 Å². The maximum atomic E-state index is 3.95. The molecule has 0 bridgehead atoms. The van der Waals surface area contributed by atoms with E-state index in [4.69, 9.17) is 0 Å².